The molecule has 0 aliphatic carbocycles. The Labute approximate surface area is 358 Å². The molecule has 3 aliphatic rings. The lowest BCUT2D eigenvalue weighted by molar-refractivity contribution is -0.141. The molecule has 3 aliphatic heterocycles. The van der Waals surface area contributed by atoms with Crippen LogP contribution in [0.25, 0.3) is 0 Å². The van der Waals surface area contributed by atoms with Gasteiger partial charge in [-0.15, -0.1) is 0 Å². The van der Waals surface area contributed by atoms with Crippen molar-refractivity contribution in [2.45, 2.75) is 130 Å². The summed E-state index contributed by atoms with van der Waals surface area (Å²) in [6.07, 6.45) is -12.2. The summed E-state index contributed by atoms with van der Waals surface area (Å²) in [4.78, 5) is 22.5. The Hall–Kier alpha value is -4.83. The van der Waals surface area contributed by atoms with Crippen LogP contribution in [0.15, 0.2) is 47.8 Å². The largest absolute Gasteiger partial charge is 0.474 e. The number of nitrogens with zero attached hydrogens (tertiary/aromatic N) is 8. The van der Waals surface area contributed by atoms with Crippen LogP contribution in [0.4, 0.5) is 64.3 Å². The van der Waals surface area contributed by atoms with Gasteiger partial charge in [0.2, 0.25) is 11.8 Å². The second kappa shape index (κ2) is 23.2. The molecule has 0 spiro atoms. The molecule has 3 aromatic heterocycles. The van der Waals surface area contributed by atoms with E-state index in [-0.39, 0.29) is 39.5 Å². The number of hydrogen-bond donors (Lipinski definition) is 1. The van der Waals surface area contributed by atoms with E-state index in [1.54, 1.807) is 0 Å². The van der Waals surface area contributed by atoms with Crippen LogP contribution in [-0.2, 0) is 29.9 Å². The first kappa shape index (κ1) is 54.3. The Balaban J connectivity index is 0.000000351. The fraction of sp³-hybridized carbons (Fsp3) is 0.625. The Morgan fingerprint density at radius 2 is 1.16 bits per heavy atom. The highest BCUT2D eigenvalue weighted by atomic mass is 19.4. The number of pyridine rings is 2. The van der Waals surface area contributed by atoms with Gasteiger partial charge in [0.1, 0.15) is 17.7 Å². The van der Waals surface area contributed by atoms with Crippen LogP contribution >= 0.6 is 0 Å². The summed E-state index contributed by atoms with van der Waals surface area (Å²) in [6.45, 7) is 6.62. The fourth-order valence-electron chi connectivity index (χ4n) is 6.16. The van der Waals surface area contributed by atoms with Crippen molar-refractivity contribution < 1.29 is 67.3 Å². The number of amides is 1. The number of hydrazone groups is 1. The summed E-state index contributed by atoms with van der Waals surface area (Å²) in [6, 6.07) is 5.63. The number of unbranched alkanes of at least 4 members (excludes halogenated alkanes) is 2. The lowest BCUT2D eigenvalue weighted by atomic mass is 10.1. The van der Waals surface area contributed by atoms with Crippen molar-refractivity contribution in [3.8, 4) is 5.88 Å². The van der Waals surface area contributed by atoms with Crippen LogP contribution < -0.4 is 14.5 Å². The van der Waals surface area contributed by atoms with E-state index in [1.807, 2.05) is 23.6 Å². The quantitative estimate of drug-likeness (QED) is 0.200. The number of carbonyl (C=O) groups is 1. The average Bonchev–Trinajstić information content (AvgIpc) is 3.80. The molecule has 6 rings (SSSR count). The first-order valence-electron chi connectivity index (χ1n) is 19.5. The molecule has 1 N–H and O–H groups in total. The minimum Gasteiger partial charge on any atom is -0.474 e. The Kier molecular flexibility index (Phi) is 20.0. The number of rotatable bonds is 10. The smallest absolute Gasteiger partial charge is 0.435 e. The maximum absolute atomic E-state index is 13.0. The number of aliphatic hydroxyl groups excluding tert-OH is 1. The van der Waals surface area contributed by atoms with Gasteiger partial charge in [0, 0.05) is 70.6 Å². The average molecular weight is 923 g/mol. The molecule has 2 saturated heterocycles. The molecule has 0 bridgehead atoms. The molecule has 0 atom stereocenters. The number of anilines is 2. The van der Waals surface area contributed by atoms with Gasteiger partial charge in [-0.3, -0.25) is 4.79 Å². The lowest BCUT2D eigenvalue weighted by Crippen LogP contribution is -2.39. The van der Waals surface area contributed by atoms with Gasteiger partial charge in [-0.2, -0.15) is 62.9 Å². The number of carbonyl (C=O) groups excluding carboxylic acids is 1. The highest BCUT2D eigenvalue weighted by molar-refractivity contribution is 6.07. The Morgan fingerprint density at radius 3 is 1.56 bits per heavy atom. The molecule has 3 aromatic rings. The molecule has 0 unspecified atom stereocenters. The third kappa shape index (κ3) is 16.3. The van der Waals surface area contributed by atoms with Crippen LogP contribution in [0.1, 0.15) is 103 Å². The van der Waals surface area contributed by atoms with E-state index in [1.165, 1.54) is 16.8 Å². The van der Waals surface area contributed by atoms with Gasteiger partial charge in [-0.05, 0) is 49.9 Å². The molecular formula is C40H54F12N8O3. The van der Waals surface area contributed by atoms with Crippen LogP contribution in [-0.4, -0.2) is 92.6 Å². The molecule has 0 aromatic carbocycles. The van der Waals surface area contributed by atoms with E-state index >= 15 is 0 Å². The minimum atomic E-state index is -4.55. The molecule has 1 amide bonds. The summed E-state index contributed by atoms with van der Waals surface area (Å²) >= 11 is 0. The predicted molar refractivity (Wildman–Crippen MR) is 212 cm³/mol. The second-order valence-electron chi connectivity index (χ2n) is 14.4. The molecule has 0 radical (unpaired) electrons. The van der Waals surface area contributed by atoms with Crippen LogP contribution in [0, 0.1) is 0 Å². The van der Waals surface area contributed by atoms with Gasteiger partial charge in [-0.1, -0.05) is 41.5 Å². The van der Waals surface area contributed by atoms with E-state index < -0.39 is 59.6 Å². The zero-order chi connectivity index (χ0) is 45.2. The van der Waals surface area contributed by atoms with Gasteiger partial charge in [-0.25, -0.2) is 19.7 Å². The summed E-state index contributed by atoms with van der Waals surface area (Å²) in [5.41, 5.74) is -3.53. The molecule has 11 nitrogen and oxygen atoms in total. The zero-order valence-electron chi connectivity index (χ0n) is 33.2. The van der Waals surface area contributed by atoms with Crippen LogP contribution in [0.5, 0.6) is 5.88 Å². The van der Waals surface area contributed by atoms with E-state index in [9.17, 15) is 62.6 Å². The van der Waals surface area contributed by atoms with Crippen molar-refractivity contribution in [3.63, 3.8) is 0 Å². The number of halogens is 12. The number of piperidine rings is 2. The van der Waals surface area contributed by atoms with E-state index in [4.69, 9.17) is 4.74 Å². The summed E-state index contributed by atoms with van der Waals surface area (Å²) in [5, 5.41) is 17.1. The van der Waals surface area contributed by atoms with Gasteiger partial charge in [0.15, 0.2) is 11.4 Å². The molecule has 63 heavy (non-hydrogen) atoms. The van der Waals surface area contributed by atoms with Crippen molar-refractivity contribution >= 4 is 23.3 Å². The number of aromatic nitrogens is 4. The summed E-state index contributed by atoms with van der Waals surface area (Å²) < 4.78 is 157. The number of aliphatic hydroxyl groups is 1. The number of alkyl halides is 12. The SMILES string of the molecule is C.C.CCCCN1N=C(C(F)(F)F)CC1=O.CCCCn1nc(C(F)(F)F)cc1OC1CCN(c2ccc(C(F)(F)F)cn2)CC1.OC1CCN(c2ccc(C(F)(F)F)cn2)CC1. The zero-order valence-corrected chi connectivity index (χ0v) is 33.2. The first-order chi connectivity index (χ1) is 28.5. The van der Waals surface area contributed by atoms with Crippen molar-refractivity contribution in [1.82, 2.24) is 24.8 Å². The summed E-state index contributed by atoms with van der Waals surface area (Å²) in [7, 11) is 0. The first-order valence-corrected chi connectivity index (χ1v) is 19.5. The third-order valence-electron chi connectivity index (χ3n) is 9.65. The molecular weight excluding hydrogens is 868 g/mol. The van der Waals surface area contributed by atoms with Gasteiger partial charge >= 0.3 is 24.7 Å². The third-order valence-corrected chi connectivity index (χ3v) is 9.65. The monoisotopic (exact) mass is 922 g/mol. The van der Waals surface area contributed by atoms with E-state index in [2.05, 4.69) is 20.2 Å². The van der Waals surface area contributed by atoms with E-state index in [0.29, 0.717) is 82.9 Å². The molecule has 356 valence electrons. The number of ether oxygens (including phenoxy) is 1. The molecule has 23 heteroatoms. The van der Waals surface area contributed by atoms with Crippen molar-refractivity contribution in [2.75, 3.05) is 42.5 Å². The van der Waals surface area contributed by atoms with Crippen molar-refractivity contribution in [2.24, 2.45) is 5.10 Å². The van der Waals surface area contributed by atoms with Crippen LogP contribution in [0.3, 0.4) is 0 Å². The second-order valence-corrected chi connectivity index (χ2v) is 14.4. The highest BCUT2D eigenvalue weighted by Gasteiger charge is 2.42. The molecule has 2 fully saturated rings. The number of hydrogen-bond acceptors (Lipinski definition) is 9. The Morgan fingerprint density at radius 1 is 0.683 bits per heavy atom. The van der Waals surface area contributed by atoms with Crippen molar-refractivity contribution in [3.05, 3.63) is 59.5 Å². The van der Waals surface area contributed by atoms with Crippen molar-refractivity contribution in [1.29, 1.82) is 0 Å². The van der Waals surface area contributed by atoms with E-state index in [0.717, 1.165) is 48.4 Å². The van der Waals surface area contributed by atoms with Crippen LogP contribution in [0.2, 0.25) is 0 Å². The standard InChI is InChI=1S/C19H22F6N4O.C11H13F3N2O.C8H11F3N2O.2CH4/c1-2-3-8-29-17(11-15(27-29)19(23,24)25)30-14-6-9-28(10-7-14)16-5-4-13(12-26-16)18(20,21)22;12-11(13,14)8-1-2-10(15-7-8)16-5-3-9(17)4-6-16;1-2-3-4-13-7(14)5-6(12-13)8(9,10)11;;/h4-5,11-12,14H,2-3,6-10H2,1H3;1-2,7,9,17H,3-6H2;2-5H2,1H3;2*1H4. The number of aryl methyl sites for hydroxylation is 1. The fourth-order valence-corrected chi connectivity index (χ4v) is 6.16. The summed E-state index contributed by atoms with van der Waals surface area (Å²) in [5.74, 6) is 0.478. The Bertz CT molecular complexity index is 1850. The van der Waals surface area contributed by atoms with Gasteiger partial charge < -0.3 is 19.6 Å². The highest BCUT2D eigenvalue weighted by Crippen LogP contribution is 2.34. The molecule has 0 saturated carbocycles. The maximum Gasteiger partial charge on any atom is 0.435 e. The minimum absolute atomic E-state index is 0. The maximum atomic E-state index is 13.0. The lowest BCUT2D eigenvalue weighted by Gasteiger charge is -2.33. The van der Waals surface area contributed by atoms with Gasteiger partial charge in [0.05, 0.1) is 23.7 Å². The predicted octanol–water partition coefficient (Wildman–Crippen LogP) is 10.4. The normalized spacial score (nSPS) is 16.6. The molecule has 6 heterocycles. The topological polar surface area (TPSA) is 112 Å². The van der Waals surface area contributed by atoms with Gasteiger partial charge in [0.25, 0.3) is 0 Å².